The Morgan fingerprint density at radius 2 is 2.31 bits per heavy atom. The molecule has 2 rings (SSSR count). The van der Waals surface area contributed by atoms with Gasteiger partial charge >= 0.3 is 0 Å². The van der Waals surface area contributed by atoms with Crippen molar-refractivity contribution >= 4 is 21.6 Å². The molecule has 0 fully saturated rings. The molecule has 0 saturated carbocycles. The van der Waals surface area contributed by atoms with Crippen LogP contribution in [0.15, 0.2) is 22.7 Å². The van der Waals surface area contributed by atoms with Gasteiger partial charge in [-0.3, -0.25) is 0 Å². The molecule has 3 heteroatoms. The number of hydrogen-bond acceptors (Lipinski definition) is 2. The Hall–Kier alpha value is -0.540. The lowest BCUT2D eigenvalue weighted by atomic mass is 10.1. The standard InChI is InChI=1S/C10H13BrN2/c1-13-5-4-12-7-8-6-9(11)2-3-10(8)13/h2-3,6,12H,4-5,7H2,1H3. The Labute approximate surface area is 87.1 Å². The molecule has 1 aromatic carbocycles. The van der Waals surface area contributed by atoms with Crippen LogP contribution in [0.1, 0.15) is 5.56 Å². The number of hydrogen-bond donors (Lipinski definition) is 1. The van der Waals surface area contributed by atoms with E-state index in [0.717, 1.165) is 24.1 Å². The molecule has 0 atom stereocenters. The summed E-state index contributed by atoms with van der Waals surface area (Å²) >= 11 is 3.49. The van der Waals surface area contributed by atoms with E-state index in [9.17, 15) is 0 Å². The van der Waals surface area contributed by atoms with E-state index in [-0.39, 0.29) is 0 Å². The summed E-state index contributed by atoms with van der Waals surface area (Å²) in [7, 11) is 2.14. The van der Waals surface area contributed by atoms with Gasteiger partial charge in [0.05, 0.1) is 0 Å². The highest BCUT2D eigenvalue weighted by Gasteiger charge is 2.10. The molecule has 0 bridgehead atoms. The average molecular weight is 241 g/mol. The molecule has 1 N–H and O–H groups in total. The topological polar surface area (TPSA) is 15.3 Å². The zero-order chi connectivity index (χ0) is 9.26. The largest absolute Gasteiger partial charge is 0.373 e. The minimum Gasteiger partial charge on any atom is -0.373 e. The predicted molar refractivity (Wildman–Crippen MR) is 59.1 cm³/mol. The van der Waals surface area contributed by atoms with E-state index in [0.29, 0.717) is 0 Å². The number of benzene rings is 1. The summed E-state index contributed by atoms with van der Waals surface area (Å²) < 4.78 is 1.16. The molecule has 0 radical (unpaired) electrons. The van der Waals surface area contributed by atoms with E-state index in [4.69, 9.17) is 0 Å². The van der Waals surface area contributed by atoms with Crippen LogP contribution < -0.4 is 10.2 Å². The van der Waals surface area contributed by atoms with Gasteiger partial charge in [-0.25, -0.2) is 0 Å². The Kier molecular flexibility index (Phi) is 2.56. The fraction of sp³-hybridized carbons (Fsp3) is 0.400. The highest BCUT2D eigenvalue weighted by atomic mass is 79.9. The van der Waals surface area contributed by atoms with E-state index in [1.54, 1.807) is 0 Å². The first kappa shape index (κ1) is 9.03. The van der Waals surface area contributed by atoms with Crippen molar-refractivity contribution in [3.8, 4) is 0 Å². The first-order chi connectivity index (χ1) is 6.27. The SMILES string of the molecule is CN1CCNCc2cc(Br)ccc21. The van der Waals surface area contributed by atoms with Gasteiger partial charge in [0.25, 0.3) is 0 Å². The van der Waals surface area contributed by atoms with Crippen molar-refractivity contribution in [2.75, 3.05) is 25.0 Å². The fourth-order valence-corrected chi connectivity index (χ4v) is 2.07. The molecule has 1 heterocycles. The van der Waals surface area contributed by atoms with Crippen LogP contribution in [0.2, 0.25) is 0 Å². The molecule has 0 aromatic heterocycles. The fourth-order valence-electron chi connectivity index (χ4n) is 1.66. The molecule has 13 heavy (non-hydrogen) atoms. The number of fused-ring (bicyclic) bond motifs is 1. The summed E-state index contributed by atoms with van der Waals surface area (Å²) in [4.78, 5) is 2.29. The molecule has 2 nitrogen and oxygen atoms in total. The maximum absolute atomic E-state index is 3.49. The lowest BCUT2D eigenvalue weighted by molar-refractivity contribution is 0.707. The summed E-state index contributed by atoms with van der Waals surface area (Å²) in [6, 6.07) is 6.46. The summed E-state index contributed by atoms with van der Waals surface area (Å²) in [5.74, 6) is 0. The molecule has 1 aromatic rings. The Morgan fingerprint density at radius 3 is 3.15 bits per heavy atom. The highest BCUT2D eigenvalue weighted by molar-refractivity contribution is 9.10. The number of halogens is 1. The Bertz CT molecular complexity index is 312. The lowest BCUT2D eigenvalue weighted by Crippen LogP contribution is -2.24. The third-order valence-electron chi connectivity index (χ3n) is 2.39. The van der Waals surface area contributed by atoms with Crippen LogP contribution in [0.25, 0.3) is 0 Å². The second-order valence-electron chi connectivity index (χ2n) is 3.37. The van der Waals surface area contributed by atoms with Gasteiger partial charge in [0, 0.05) is 36.8 Å². The maximum atomic E-state index is 3.49. The molecule has 1 aliphatic heterocycles. The van der Waals surface area contributed by atoms with Gasteiger partial charge in [-0.2, -0.15) is 0 Å². The van der Waals surface area contributed by atoms with Gasteiger partial charge in [0.2, 0.25) is 0 Å². The summed E-state index contributed by atoms with van der Waals surface area (Å²) in [5.41, 5.74) is 2.71. The highest BCUT2D eigenvalue weighted by Crippen LogP contribution is 2.24. The minimum absolute atomic E-state index is 0.971. The number of likely N-dealkylation sites (N-methyl/N-ethyl adjacent to an activating group) is 1. The molecule has 0 spiro atoms. The van der Waals surface area contributed by atoms with Gasteiger partial charge in [-0.15, -0.1) is 0 Å². The third kappa shape index (κ3) is 1.86. The molecular weight excluding hydrogens is 228 g/mol. The monoisotopic (exact) mass is 240 g/mol. The van der Waals surface area contributed by atoms with Crippen LogP contribution in [-0.2, 0) is 6.54 Å². The second-order valence-corrected chi connectivity index (χ2v) is 4.29. The van der Waals surface area contributed by atoms with Crippen molar-refractivity contribution in [1.29, 1.82) is 0 Å². The number of anilines is 1. The van der Waals surface area contributed by atoms with E-state index >= 15 is 0 Å². The van der Waals surface area contributed by atoms with Crippen LogP contribution >= 0.6 is 15.9 Å². The van der Waals surface area contributed by atoms with Gasteiger partial charge < -0.3 is 10.2 Å². The van der Waals surface area contributed by atoms with Crippen molar-refractivity contribution in [3.63, 3.8) is 0 Å². The normalized spacial score (nSPS) is 16.6. The molecular formula is C10H13BrN2. The van der Waals surface area contributed by atoms with E-state index < -0.39 is 0 Å². The Balaban J connectivity index is 2.42. The molecule has 0 unspecified atom stereocenters. The number of nitrogens with zero attached hydrogens (tertiary/aromatic N) is 1. The molecule has 0 aliphatic carbocycles. The van der Waals surface area contributed by atoms with E-state index in [1.807, 2.05) is 0 Å². The summed E-state index contributed by atoms with van der Waals surface area (Å²) in [5, 5.41) is 3.40. The zero-order valence-corrected chi connectivity index (χ0v) is 9.26. The van der Waals surface area contributed by atoms with E-state index in [2.05, 4.69) is 51.4 Å². The quantitative estimate of drug-likeness (QED) is 0.747. The van der Waals surface area contributed by atoms with Crippen LogP contribution in [-0.4, -0.2) is 20.1 Å². The molecule has 0 saturated heterocycles. The second kappa shape index (κ2) is 3.68. The van der Waals surface area contributed by atoms with Crippen molar-refractivity contribution in [2.24, 2.45) is 0 Å². The van der Waals surface area contributed by atoms with E-state index in [1.165, 1.54) is 11.3 Å². The van der Waals surface area contributed by atoms with Crippen LogP contribution in [0.4, 0.5) is 5.69 Å². The zero-order valence-electron chi connectivity index (χ0n) is 7.68. The molecule has 0 amide bonds. The van der Waals surface area contributed by atoms with Gasteiger partial charge in [-0.1, -0.05) is 15.9 Å². The molecule has 1 aliphatic rings. The minimum atomic E-state index is 0.971. The average Bonchev–Trinajstić information content (AvgIpc) is 2.28. The Morgan fingerprint density at radius 1 is 1.46 bits per heavy atom. The van der Waals surface area contributed by atoms with Crippen LogP contribution in [0, 0.1) is 0 Å². The first-order valence-corrected chi connectivity index (χ1v) is 5.27. The lowest BCUT2D eigenvalue weighted by Gasteiger charge is -2.18. The van der Waals surface area contributed by atoms with Crippen molar-refractivity contribution in [1.82, 2.24) is 5.32 Å². The maximum Gasteiger partial charge on any atom is 0.0410 e. The van der Waals surface area contributed by atoms with Gasteiger partial charge in [-0.05, 0) is 23.8 Å². The molecule has 70 valence electrons. The summed E-state index contributed by atoms with van der Waals surface area (Å²) in [6.07, 6.45) is 0. The van der Waals surface area contributed by atoms with Crippen LogP contribution in [0.5, 0.6) is 0 Å². The number of rotatable bonds is 0. The van der Waals surface area contributed by atoms with Crippen LogP contribution in [0.3, 0.4) is 0 Å². The number of nitrogens with one attached hydrogen (secondary N) is 1. The summed E-state index contributed by atoms with van der Waals surface area (Å²) in [6.45, 7) is 3.11. The first-order valence-electron chi connectivity index (χ1n) is 4.47. The third-order valence-corrected chi connectivity index (χ3v) is 2.89. The predicted octanol–water partition coefficient (Wildman–Crippen LogP) is 1.99. The smallest absolute Gasteiger partial charge is 0.0410 e. The van der Waals surface area contributed by atoms with Gasteiger partial charge in [0.15, 0.2) is 0 Å². The van der Waals surface area contributed by atoms with Gasteiger partial charge in [0.1, 0.15) is 0 Å². The van der Waals surface area contributed by atoms with Crippen molar-refractivity contribution in [3.05, 3.63) is 28.2 Å². The van der Waals surface area contributed by atoms with Crippen molar-refractivity contribution < 1.29 is 0 Å². The van der Waals surface area contributed by atoms with Crippen molar-refractivity contribution in [2.45, 2.75) is 6.54 Å².